The van der Waals surface area contributed by atoms with Crippen LogP contribution < -0.4 is 0 Å². The van der Waals surface area contributed by atoms with Gasteiger partial charge in [-0.3, -0.25) is 4.68 Å². The molecule has 0 bridgehead atoms. The van der Waals surface area contributed by atoms with Gasteiger partial charge in [-0.05, 0) is 42.8 Å². The van der Waals surface area contributed by atoms with Gasteiger partial charge in [0, 0.05) is 23.8 Å². The highest BCUT2D eigenvalue weighted by Gasteiger charge is 2.26. The molecule has 0 atom stereocenters. The van der Waals surface area contributed by atoms with E-state index in [1.165, 1.54) is 4.31 Å². The standard InChI is InChI=1S/C19H20BrN3O2S/c1-2-23-18(12-13-21-23)15-22(14-16-6-4-3-5-7-16)26(24,25)19-10-8-17(20)9-11-19/h3-13H,2,14-15H2,1H3. The number of hydrogen-bond donors (Lipinski definition) is 0. The van der Waals surface area contributed by atoms with Crippen LogP contribution in [0.4, 0.5) is 0 Å². The smallest absolute Gasteiger partial charge is 0.243 e. The van der Waals surface area contributed by atoms with Crippen LogP contribution in [0.25, 0.3) is 0 Å². The molecule has 0 N–H and O–H groups in total. The lowest BCUT2D eigenvalue weighted by molar-refractivity contribution is 0.386. The van der Waals surface area contributed by atoms with Gasteiger partial charge in [-0.1, -0.05) is 46.3 Å². The summed E-state index contributed by atoms with van der Waals surface area (Å²) in [5.41, 5.74) is 1.81. The maximum Gasteiger partial charge on any atom is 0.243 e. The number of aryl methyl sites for hydroxylation is 1. The van der Waals surface area contributed by atoms with Crippen LogP contribution in [0.15, 0.2) is 76.2 Å². The molecule has 0 amide bonds. The van der Waals surface area contributed by atoms with Crippen molar-refractivity contribution < 1.29 is 8.42 Å². The Balaban J connectivity index is 1.97. The molecule has 0 aliphatic rings. The van der Waals surface area contributed by atoms with E-state index in [-0.39, 0.29) is 11.4 Å². The van der Waals surface area contributed by atoms with Crippen molar-refractivity contribution in [1.82, 2.24) is 14.1 Å². The fourth-order valence-corrected chi connectivity index (χ4v) is 4.39. The molecule has 0 saturated carbocycles. The van der Waals surface area contributed by atoms with Crippen LogP contribution in [-0.4, -0.2) is 22.5 Å². The molecule has 3 rings (SSSR count). The first-order valence-electron chi connectivity index (χ1n) is 8.31. The SMILES string of the molecule is CCn1nccc1CN(Cc1ccccc1)S(=O)(=O)c1ccc(Br)cc1. The van der Waals surface area contributed by atoms with Gasteiger partial charge >= 0.3 is 0 Å². The zero-order chi connectivity index (χ0) is 18.6. The Morgan fingerprint density at radius 2 is 1.69 bits per heavy atom. The maximum absolute atomic E-state index is 13.3. The van der Waals surface area contributed by atoms with Crippen LogP contribution in [-0.2, 0) is 29.7 Å². The van der Waals surface area contributed by atoms with Gasteiger partial charge < -0.3 is 0 Å². The quantitative estimate of drug-likeness (QED) is 0.564. The van der Waals surface area contributed by atoms with Gasteiger partial charge in [0.15, 0.2) is 0 Å². The lowest BCUT2D eigenvalue weighted by Gasteiger charge is -2.23. The molecule has 0 aliphatic heterocycles. The summed E-state index contributed by atoms with van der Waals surface area (Å²) in [7, 11) is -3.65. The van der Waals surface area contributed by atoms with Crippen LogP contribution in [0, 0.1) is 0 Å². The molecular formula is C19H20BrN3O2S. The summed E-state index contributed by atoms with van der Waals surface area (Å²) in [5, 5.41) is 4.25. The molecule has 26 heavy (non-hydrogen) atoms. The summed E-state index contributed by atoms with van der Waals surface area (Å²) < 4.78 is 30.7. The molecule has 136 valence electrons. The maximum atomic E-state index is 13.3. The Bertz CT molecular complexity index is 954. The Kier molecular flexibility index (Phi) is 5.90. The van der Waals surface area contributed by atoms with Crippen molar-refractivity contribution in [3.05, 3.63) is 82.6 Å². The number of rotatable bonds is 7. The van der Waals surface area contributed by atoms with Gasteiger partial charge in [-0.15, -0.1) is 0 Å². The Hall–Kier alpha value is -1.96. The highest BCUT2D eigenvalue weighted by molar-refractivity contribution is 9.10. The van der Waals surface area contributed by atoms with Crippen LogP contribution >= 0.6 is 15.9 Å². The summed E-state index contributed by atoms with van der Waals surface area (Å²) >= 11 is 3.35. The second kappa shape index (κ2) is 8.16. The van der Waals surface area contributed by atoms with Gasteiger partial charge in [-0.2, -0.15) is 9.40 Å². The summed E-state index contributed by atoms with van der Waals surface area (Å²) in [6.45, 7) is 3.25. The predicted octanol–water partition coefficient (Wildman–Crippen LogP) is 4.06. The fraction of sp³-hybridized carbons (Fsp3) is 0.211. The highest BCUT2D eigenvalue weighted by Crippen LogP contribution is 2.22. The molecule has 0 fully saturated rings. The van der Waals surface area contributed by atoms with Crippen molar-refractivity contribution in [3.8, 4) is 0 Å². The number of hydrogen-bond acceptors (Lipinski definition) is 3. The van der Waals surface area contributed by atoms with E-state index < -0.39 is 10.0 Å². The largest absolute Gasteiger partial charge is 0.269 e. The minimum atomic E-state index is -3.65. The average Bonchev–Trinajstić information content (AvgIpc) is 3.09. The minimum absolute atomic E-state index is 0.265. The minimum Gasteiger partial charge on any atom is -0.269 e. The second-order valence-electron chi connectivity index (χ2n) is 5.85. The third kappa shape index (κ3) is 4.23. The molecule has 0 unspecified atom stereocenters. The van der Waals surface area contributed by atoms with Gasteiger partial charge in [0.1, 0.15) is 0 Å². The topological polar surface area (TPSA) is 55.2 Å². The zero-order valence-electron chi connectivity index (χ0n) is 14.4. The summed E-state index contributed by atoms with van der Waals surface area (Å²) in [4.78, 5) is 0.277. The Labute approximate surface area is 162 Å². The van der Waals surface area contributed by atoms with E-state index >= 15 is 0 Å². The first-order chi connectivity index (χ1) is 12.5. The van der Waals surface area contributed by atoms with E-state index in [0.29, 0.717) is 13.1 Å². The van der Waals surface area contributed by atoms with Gasteiger partial charge in [-0.25, -0.2) is 8.42 Å². The molecule has 0 radical (unpaired) electrons. The third-order valence-electron chi connectivity index (χ3n) is 4.10. The van der Waals surface area contributed by atoms with E-state index in [1.54, 1.807) is 30.5 Å². The second-order valence-corrected chi connectivity index (χ2v) is 8.70. The van der Waals surface area contributed by atoms with Crippen molar-refractivity contribution in [2.45, 2.75) is 31.5 Å². The van der Waals surface area contributed by atoms with Crippen LogP contribution in [0.5, 0.6) is 0 Å². The molecule has 1 heterocycles. The van der Waals surface area contributed by atoms with Crippen LogP contribution in [0.3, 0.4) is 0 Å². The lowest BCUT2D eigenvalue weighted by Crippen LogP contribution is -2.31. The van der Waals surface area contributed by atoms with Crippen molar-refractivity contribution in [2.24, 2.45) is 0 Å². The molecule has 0 saturated heterocycles. The molecule has 5 nitrogen and oxygen atoms in total. The molecule has 0 aliphatic carbocycles. The Morgan fingerprint density at radius 3 is 2.35 bits per heavy atom. The van der Waals surface area contributed by atoms with E-state index in [2.05, 4.69) is 21.0 Å². The number of aromatic nitrogens is 2. The lowest BCUT2D eigenvalue weighted by atomic mass is 10.2. The summed E-state index contributed by atoms with van der Waals surface area (Å²) in [5.74, 6) is 0. The normalized spacial score (nSPS) is 11.8. The van der Waals surface area contributed by atoms with E-state index in [1.807, 2.05) is 48.0 Å². The van der Waals surface area contributed by atoms with E-state index in [9.17, 15) is 8.42 Å². The van der Waals surface area contributed by atoms with Crippen LogP contribution in [0.1, 0.15) is 18.2 Å². The van der Waals surface area contributed by atoms with Gasteiger partial charge in [0.25, 0.3) is 0 Å². The van der Waals surface area contributed by atoms with Crippen molar-refractivity contribution in [3.63, 3.8) is 0 Å². The molecule has 3 aromatic rings. The average molecular weight is 434 g/mol. The molecular weight excluding hydrogens is 414 g/mol. The fourth-order valence-electron chi connectivity index (χ4n) is 2.73. The Morgan fingerprint density at radius 1 is 1.00 bits per heavy atom. The van der Waals surface area contributed by atoms with Crippen molar-refractivity contribution in [2.75, 3.05) is 0 Å². The summed E-state index contributed by atoms with van der Waals surface area (Å²) in [6, 6.07) is 18.2. The van der Waals surface area contributed by atoms with Crippen molar-refractivity contribution >= 4 is 26.0 Å². The molecule has 2 aromatic carbocycles. The highest BCUT2D eigenvalue weighted by atomic mass is 79.9. The van der Waals surface area contributed by atoms with Gasteiger partial charge in [0.05, 0.1) is 17.1 Å². The predicted molar refractivity (Wildman–Crippen MR) is 105 cm³/mol. The van der Waals surface area contributed by atoms with E-state index in [0.717, 1.165) is 15.7 Å². The third-order valence-corrected chi connectivity index (χ3v) is 6.43. The number of benzene rings is 2. The molecule has 1 aromatic heterocycles. The first kappa shape index (κ1) is 18.8. The number of halogens is 1. The molecule has 7 heteroatoms. The monoisotopic (exact) mass is 433 g/mol. The first-order valence-corrected chi connectivity index (χ1v) is 10.5. The number of sulfonamides is 1. The van der Waals surface area contributed by atoms with Crippen molar-refractivity contribution in [1.29, 1.82) is 0 Å². The van der Waals surface area contributed by atoms with Crippen LogP contribution in [0.2, 0.25) is 0 Å². The zero-order valence-corrected chi connectivity index (χ0v) is 16.8. The summed E-state index contributed by atoms with van der Waals surface area (Å²) in [6.07, 6.45) is 1.70. The molecule has 0 spiro atoms. The van der Waals surface area contributed by atoms with E-state index in [4.69, 9.17) is 0 Å². The number of nitrogens with zero attached hydrogens (tertiary/aromatic N) is 3. The van der Waals surface area contributed by atoms with Gasteiger partial charge in [0.2, 0.25) is 10.0 Å².